The van der Waals surface area contributed by atoms with Gasteiger partial charge in [0.15, 0.2) is 0 Å². The number of rotatable bonds is 7. The fourth-order valence-corrected chi connectivity index (χ4v) is 3.82. The van der Waals surface area contributed by atoms with Crippen molar-refractivity contribution in [2.75, 3.05) is 11.9 Å². The largest absolute Gasteiger partial charge is 0.354 e. The maximum absolute atomic E-state index is 9.85. The Morgan fingerprint density at radius 2 is 2.17 bits per heavy atom. The molecule has 1 aliphatic heterocycles. The number of allylic oxidation sites excluding steroid dienone is 1. The van der Waals surface area contributed by atoms with Crippen molar-refractivity contribution in [3.8, 4) is 6.07 Å². The van der Waals surface area contributed by atoms with Gasteiger partial charge in [-0.2, -0.15) is 10.4 Å². The van der Waals surface area contributed by atoms with Crippen molar-refractivity contribution in [1.29, 1.82) is 5.26 Å². The molecule has 0 saturated carbocycles. The number of hydrogen-bond donors (Lipinski definition) is 2. The van der Waals surface area contributed by atoms with E-state index >= 15 is 0 Å². The lowest BCUT2D eigenvalue weighted by atomic mass is 10.1. The molecule has 0 amide bonds. The maximum atomic E-state index is 9.85. The zero-order valence-corrected chi connectivity index (χ0v) is 17.2. The molecule has 0 unspecified atom stereocenters. The fraction of sp³-hybridized carbons (Fsp3) is 0.190. The SMILES string of the molecule is Cc1cnc(NCCCn2cncn2)nc1/C(C#N)=C1/NC(c2ccccc2)=CS1. The molecule has 3 aromatic rings. The van der Waals surface area contributed by atoms with Gasteiger partial charge in [0.05, 0.1) is 16.4 Å². The summed E-state index contributed by atoms with van der Waals surface area (Å²) in [6.07, 6.45) is 5.80. The van der Waals surface area contributed by atoms with Gasteiger partial charge in [0.25, 0.3) is 0 Å². The molecule has 0 saturated heterocycles. The van der Waals surface area contributed by atoms with E-state index in [4.69, 9.17) is 0 Å². The number of anilines is 1. The normalized spacial score (nSPS) is 14.6. The van der Waals surface area contributed by atoms with Gasteiger partial charge in [0.1, 0.15) is 24.3 Å². The molecule has 0 radical (unpaired) electrons. The zero-order chi connectivity index (χ0) is 20.8. The fourth-order valence-electron chi connectivity index (χ4n) is 2.96. The van der Waals surface area contributed by atoms with Gasteiger partial charge in [0.2, 0.25) is 5.95 Å². The lowest BCUT2D eigenvalue weighted by molar-refractivity contribution is 0.589. The van der Waals surface area contributed by atoms with Crippen LogP contribution in [0.1, 0.15) is 23.2 Å². The van der Waals surface area contributed by atoms with E-state index in [-0.39, 0.29) is 0 Å². The first-order valence-corrected chi connectivity index (χ1v) is 10.4. The Bertz CT molecular complexity index is 1110. The lowest BCUT2D eigenvalue weighted by Gasteiger charge is -2.11. The molecule has 0 bridgehead atoms. The summed E-state index contributed by atoms with van der Waals surface area (Å²) < 4.78 is 1.78. The highest BCUT2D eigenvalue weighted by atomic mass is 32.2. The lowest BCUT2D eigenvalue weighted by Crippen LogP contribution is -2.11. The molecule has 0 atom stereocenters. The molecule has 2 N–H and O–H groups in total. The first kappa shape index (κ1) is 19.7. The second-order valence-corrected chi connectivity index (χ2v) is 7.50. The average molecular weight is 417 g/mol. The Morgan fingerprint density at radius 3 is 2.93 bits per heavy atom. The van der Waals surface area contributed by atoms with Crippen LogP contribution in [-0.2, 0) is 6.54 Å². The third-order valence-corrected chi connectivity index (χ3v) is 5.38. The van der Waals surface area contributed by atoms with Gasteiger partial charge < -0.3 is 10.6 Å². The monoisotopic (exact) mass is 416 g/mol. The molecule has 4 rings (SSSR count). The molecule has 2 aromatic heterocycles. The smallest absolute Gasteiger partial charge is 0.223 e. The third kappa shape index (κ3) is 4.50. The summed E-state index contributed by atoms with van der Waals surface area (Å²) in [6.45, 7) is 3.36. The second-order valence-electron chi connectivity index (χ2n) is 6.62. The van der Waals surface area contributed by atoms with Crippen molar-refractivity contribution in [2.24, 2.45) is 0 Å². The molecule has 0 aliphatic carbocycles. The summed E-state index contributed by atoms with van der Waals surface area (Å²) >= 11 is 1.49. The van der Waals surface area contributed by atoms with E-state index in [9.17, 15) is 5.26 Å². The Hall–Kier alpha value is -3.64. The summed E-state index contributed by atoms with van der Waals surface area (Å²) in [5.74, 6) is 0.502. The third-order valence-electron chi connectivity index (χ3n) is 4.49. The molecule has 1 aromatic carbocycles. The minimum Gasteiger partial charge on any atom is -0.354 e. The number of thioether (sulfide) groups is 1. The first-order valence-electron chi connectivity index (χ1n) is 9.48. The number of hydrogen-bond acceptors (Lipinski definition) is 8. The number of nitrogens with one attached hydrogen (secondary N) is 2. The number of nitriles is 1. The van der Waals surface area contributed by atoms with Crippen molar-refractivity contribution in [3.63, 3.8) is 0 Å². The van der Waals surface area contributed by atoms with E-state index in [0.717, 1.165) is 34.8 Å². The minimum absolute atomic E-state index is 0.502. The van der Waals surface area contributed by atoms with Gasteiger partial charge in [-0.15, -0.1) is 0 Å². The molecule has 0 fully saturated rings. The molecule has 30 heavy (non-hydrogen) atoms. The Kier molecular flexibility index (Phi) is 6.06. The molecule has 0 spiro atoms. The Morgan fingerprint density at radius 1 is 1.30 bits per heavy atom. The topological polar surface area (TPSA) is 104 Å². The minimum atomic E-state index is 0.502. The van der Waals surface area contributed by atoms with E-state index in [1.165, 1.54) is 18.1 Å². The highest BCUT2D eigenvalue weighted by Crippen LogP contribution is 2.35. The molecular formula is C21H20N8S. The van der Waals surface area contributed by atoms with Crippen molar-refractivity contribution in [3.05, 3.63) is 76.4 Å². The van der Waals surface area contributed by atoms with Crippen LogP contribution in [-0.4, -0.2) is 31.3 Å². The van der Waals surface area contributed by atoms with Gasteiger partial charge in [-0.3, -0.25) is 4.68 Å². The molecule has 1 aliphatic rings. The van der Waals surface area contributed by atoms with Crippen LogP contribution in [0.25, 0.3) is 11.3 Å². The molecule has 3 heterocycles. The summed E-state index contributed by atoms with van der Waals surface area (Å²) in [4.78, 5) is 12.9. The van der Waals surface area contributed by atoms with Crippen LogP contribution in [0.3, 0.4) is 0 Å². The second kappa shape index (κ2) is 9.24. The van der Waals surface area contributed by atoms with Gasteiger partial charge in [-0.05, 0) is 24.5 Å². The van der Waals surface area contributed by atoms with E-state index in [2.05, 4.69) is 36.8 Å². The van der Waals surface area contributed by atoms with Crippen molar-refractivity contribution in [2.45, 2.75) is 19.9 Å². The van der Waals surface area contributed by atoms with Crippen LogP contribution in [0.15, 0.2) is 59.6 Å². The van der Waals surface area contributed by atoms with E-state index in [0.29, 0.717) is 23.8 Å². The van der Waals surface area contributed by atoms with Crippen LogP contribution in [0.4, 0.5) is 5.95 Å². The van der Waals surface area contributed by atoms with E-state index < -0.39 is 0 Å². The summed E-state index contributed by atoms with van der Waals surface area (Å²) in [5.41, 5.74) is 4.03. The zero-order valence-electron chi connectivity index (χ0n) is 16.4. The van der Waals surface area contributed by atoms with Crippen LogP contribution >= 0.6 is 11.8 Å². The van der Waals surface area contributed by atoms with Gasteiger partial charge >= 0.3 is 0 Å². The van der Waals surface area contributed by atoms with E-state index in [1.54, 1.807) is 17.2 Å². The van der Waals surface area contributed by atoms with Crippen LogP contribution in [0.5, 0.6) is 0 Å². The van der Waals surface area contributed by atoms with Crippen molar-refractivity contribution < 1.29 is 0 Å². The maximum Gasteiger partial charge on any atom is 0.223 e. The van der Waals surface area contributed by atoms with Gasteiger partial charge in [-0.1, -0.05) is 42.1 Å². The molecule has 150 valence electrons. The quantitative estimate of drug-likeness (QED) is 0.446. The van der Waals surface area contributed by atoms with Gasteiger partial charge in [0, 0.05) is 24.7 Å². The molecule has 9 heteroatoms. The number of aromatic nitrogens is 5. The summed E-state index contributed by atoms with van der Waals surface area (Å²) in [6, 6.07) is 12.3. The van der Waals surface area contributed by atoms with Crippen LogP contribution in [0, 0.1) is 18.3 Å². The molecular weight excluding hydrogens is 396 g/mol. The molecule has 8 nitrogen and oxygen atoms in total. The predicted octanol–water partition coefficient (Wildman–Crippen LogP) is 3.41. The highest BCUT2D eigenvalue weighted by molar-refractivity contribution is 8.06. The van der Waals surface area contributed by atoms with E-state index in [1.807, 2.05) is 42.7 Å². The highest BCUT2D eigenvalue weighted by Gasteiger charge is 2.20. The Balaban J connectivity index is 1.47. The van der Waals surface area contributed by atoms with Crippen molar-refractivity contribution in [1.82, 2.24) is 30.0 Å². The average Bonchev–Trinajstić information content (AvgIpc) is 3.47. The van der Waals surface area contributed by atoms with Gasteiger partial charge in [-0.25, -0.2) is 15.0 Å². The number of nitrogens with zero attached hydrogens (tertiary/aromatic N) is 6. The van der Waals surface area contributed by atoms with Crippen LogP contribution < -0.4 is 10.6 Å². The standard InChI is InChI=1S/C21H20N8S/c1-15-11-25-21(24-8-5-9-29-14-23-13-26-29)28-19(15)17(10-22)20-27-18(12-30-20)16-6-3-2-4-7-16/h2-4,6-7,11-14,27H,5,8-9H2,1H3,(H,24,25,28)/b20-17-. The number of benzene rings is 1. The number of aryl methyl sites for hydroxylation is 2. The first-order chi connectivity index (χ1) is 14.7. The Labute approximate surface area is 178 Å². The summed E-state index contributed by atoms with van der Waals surface area (Å²) in [5, 5.41) is 23.3. The van der Waals surface area contributed by atoms with Crippen molar-refractivity contribution >= 4 is 29.0 Å². The summed E-state index contributed by atoms with van der Waals surface area (Å²) in [7, 11) is 0. The predicted molar refractivity (Wildman–Crippen MR) is 118 cm³/mol. The van der Waals surface area contributed by atoms with Crippen LogP contribution in [0.2, 0.25) is 0 Å².